The molecule has 0 spiro atoms. The van der Waals surface area contributed by atoms with Gasteiger partial charge in [0.25, 0.3) is 0 Å². The molecule has 1 aliphatic heterocycles. The standard InChI is InChI=1S/C16H20ClNO4/c1-16(2,3)22-15(21)18-8-12(13(9-18)14(19)20)10-5-4-6-11(17)7-10/h4-7,12-13H,8-9H2,1-3H3,(H,19,20)/t12-,13+/m0/s1. The molecule has 22 heavy (non-hydrogen) atoms. The molecule has 2 rings (SSSR count). The van der Waals surface area contributed by atoms with Crippen LogP contribution in [0.1, 0.15) is 32.3 Å². The van der Waals surface area contributed by atoms with E-state index in [0.717, 1.165) is 5.56 Å². The Balaban J connectivity index is 2.20. The predicted octanol–water partition coefficient (Wildman–Crippen LogP) is 3.38. The van der Waals surface area contributed by atoms with E-state index in [-0.39, 0.29) is 12.5 Å². The third-order valence-electron chi connectivity index (χ3n) is 3.57. The Bertz CT molecular complexity index is 582. The molecule has 0 bridgehead atoms. The maximum atomic E-state index is 12.2. The first-order valence-corrected chi connectivity index (χ1v) is 7.51. The summed E-state index contributed by atoms with van der Waals surface area (Å²) in [5.41, 5.74) is 0.218. The van der Waals surface area contributed by atoms with Crippen LogP contribution in [-0.4, -0.2) is 40.8 Å². The number of benzene rings is 1. The van der Waals surface area contributed by atoms with Gasteiger partial charge in [-0.1, -0.05) is 23.7 Å². The van der Waals surface area contributed by atoms with Crippen molar-refractivity contribution in [3.63, 3.8) is 0 Å². The summed E-state index contributed by atoms with van der Waals surface area (Å²) in [4.78, 5) is 25.1. The summed E-state index contributed by atoms with van der Waals surface area (Å²) < 4.78 is 5.33. The Hall–Kier alpha value is -1.75. The van der Waals surface area contributed by atoms with Gasteiger partial charge >= 0.3 is 12.1 Å². The van der Waals surface area contributed by atoms with Crippen molar-refractivity contribution in [2.75, 3.05) is 13.1 Å². The van der Waals surface area contributed by atoms with Gasteiger partial charge in [0.05, 0.1) is 5.92 Å². The first-order chi connectivity index (χ1) is 10.2. The number of amides is 1. The molecule has 2 atom stereocenters. The summed E-state index contributed by atoms with van der Waals surface area (Å²) in [7, 11) is 0. The van der Waals surface area contributed by atoms with E-state index in [1.165, 1.54) is 4.90 Å². The first-order valence-electron chi connectivity index (χ1n) is 7.13. The summed E-state index contributed by atoms with van der Waals surface area (Å²) >= 11 is 5.98. The van der Waals surface area contributed by atoms with E-state index in [1.54, 1.807) is 39.0 Å². The minimum absolute atomic E-state index is 0.140. The van der Waals surface area contributed by atoms with Crippen LogP contribution in [0.15, 0.2) is 24.3 Å². The van der Waals surface area contributed by atoms with Gasteiger partial charge in [0.2, 0.25) is 0 Å². The predicted molar refractivity (Wildman–Crippen MR) is 83.1 cm³/mol. The minimum atomic E-state index is -0.920. The molecule has 0 aromatic heterocycles. The number of nitrogens with zero attached hydrogens (tertiary/aromatic N) is 1. The second kappa shape index (κ2) is 6.16. The molecule has 1 fully saturated rings. The van der Waals surface area contributed by atoms with E-state index in [2.05, 4.69) is 0 Å². The molecule has 1 aromatic rings. The molecule has 1 amide bonds. The fraction of sp³-hybridized carbons (Fsp3) is 0.500. The molecule has 0 aliphatic carbocycles. The Morgan fingerprint density at radius 1 is 1.32 bits per heavy atom. The molecule has 1 aromatic carbocycles. The van der Waals surface area contributed by atoms with Crippen LogP contribution in [0.3, 0.4) is 0 Å². The highest BCUT2D eigenvalue weighted by Gasteiger charge is 2.41. The van der Waals surface area contributed by atoms with Gasteiger partial charge < -0.3 is 14.7 Å². The quantitative estimate of drug-likeness (QED) is 0.905. The summed E-state index contributed by atoms with van der Waals surface area (Å²) in [6.45, 7) is 5.80. The molecule has 1 N–H and O–H groups in total. The average molecular weight is 326 g/mol. The van der Waals surface area contributed by atoms with Gasteiger partial charge in [-0.15, -0.1) is 0 Å². The van der Waals surface area contributed by atoms with E-state index >= 15 is 0 Å². The number of ether oxygens (including phenoxy) is 1. The molecule has 0 saturated carbocycles. The average Bonchev–Trinajstić information content (AvgIpc) is 2.82. The summed E-state index contributed by atoms with van der Waals surface area (Å²) in [5.74, 6) is -1.87. The van der Waals surface area contributed by atoms with Crippen molar-refractivity contribution >= 4 is 23.7 Å². The number of carbonyl (C=O) groups excluding carboxylic acids is 1. The second-order valence-electron chi connectivity index (χ2n) is 6.49. The van der Waals surface area contributed by atoms with Crippen molar-refractivity contribution in [2.24, 2.45) is 5.92 Å². The maximum absolute atomic E-state index is 12.2. The van der Waals surface area contributed by atoms with Crippen molar-refractivity contribution in [1.29, 1.82) is 0 Å². The third kappa shape index (κ3) is 3.91. The van der Waals surface area contributed by atoms with Crippen LogP contribution in [0.25, 0.3) is 0 Å². The molecule has 1 heterocycles. The van der Waals surface area contributed by atoms with Gasteiger partial charge in [-0.2, -0.15) is 0 Å². The lowest BCUT2D eigenvalue weighted by molar-refractivity contribution is -0.141. The smallest absolute Gasteiger partial charge is 0.410 e. The molecular formula is C16H20ClNO4. The normalized spacial score (nSPS) is 21.7. The van der Waals surface area contributed by atoms with Gasteiger partial charge in [-0.3, -0.25) is 4.79 Å². The number of carboxylic acid groups (broad SMARTS) is 1. The molecule has 0 radical (unpaired) electrons. The number of carbonyl (C=O) groups is 2. The van der Waals surface area contributed by atoms with Crippen LogP contribution in [0, 0.1) is 5.92 Å². The van der Waals surface area contributed by atoms with Crippen molar-refractivity contribution in [2.45, 2.75) is 32.3 Å². The first kappa shape index (κ1) is 16.6. The molecule has 6 heteroatoms. The molecular weight excluding hydrogens is 306 g/mol. The van der Waals surface area contributed by atoms with Gasteiger partial charge in [0, 0.05) is 24.0 Å². The Labute approximate surface area is 134 Å². The van der Waals surface area contributed by atoms with Crippen LogP contribution >= 0.6 is 11.6 Å². The van der Waals surface area contributed by atoms with Gasteiger partial charge in [0.15, 0.2) is 0 Å². The SMILES string of the molecule is CC(C)(C)OC(=O)N1C[C@@H](C(=O)O)[C@H](c2cccc(Cl)c2)C1. The molecule has 0 unspecified atom stereocenters. The maximum Gasteiger partial charge on any atom is 0.410 e. The second-order valence-corrected chi connectivity index (χ2v) is 6.93. The largest absolute Gasteiger partial charge is 0.481 e. The van der Waals surface area contributed by atoms with Gasteiger partial charge in [-0.25, -0.2) is 4.79 Å². The van der Waals surface area contributed by atoms with Crippen molar-refractivity contribution in [3.05, 3.63) is 34.9 Å². The highest BCUT2D eigenvalue weighted by atomic mass is 35.5. The lowest BCUT2D eigenvalue weighted by atomic mass is 9.89. The highest BCUT2D eigenvalue weighted by molar-refractivity contribution is 6.30. The van der Waals surface area contributed by atoms with Crippen molar-refractivity contribution in [1.82, 2.24) is 4.90 Å². The zero-order valence-electron chi connectivity index (χ0n) is 12.9. The van der Waals surface area contributed by atoms with Gasteiger partial charge in [-0.05, 0) is 38.5 Å². The lowest BCUT2D eigenvalue weighted by Gasteiger charge is -2.24. The number of likely N-dealkylation sites (tertiary alicyclic amines) is 1. The number of hydrogen-bond donors (Lipinski definition) is 1. The van der Waals surface area contributed by atoms with Crippen LogP contribution in [0.2, 0.25) is 5.02 Å². The van der Waals surface area contributed by atoms with Crippen LogP contribution < -0.4 is 0 Å². The van der Waals surface area contributed by atoms with Crippen LogP contribution in [-0.2, 0) is 9.53 Å². The number of carboxylic acids is 1. The molecule has 120 valence electrons. The number of rotatable bonds is 2. The Morgan fingerprint density at radius 2 is 2.00 bits per heavy atom. The van der Waals surface area contributed by atoms with Crippen LogP contribution in [0.4, 0.5) is 4.79 Å². The van der Waals surface area contributed by atoms with Crippen LogP contribution in [0.5, 0.6) is 0 Å². The number of halogens is 1. The zero-order valence-corrected chi connectivity index (χ0v) is 13.6. The summed E-state index contributed by atoms with van der Waals surface area (Å²) in [6, 6.07) is 7.11. The van der Waals surface area contributed by atoms with E-state index in [1.807, 2.05) is 6.07 Å². The number of hydrogen-bond acceptors (Lipinski definition) is 3. The van der Waals surface area contributed by atoms with Crippen molar-refractivity contribution < 1.29 is 19.4 Å². The Kier molecular flexibility index (Phi) is 4.66. The zero-order chi connectivity index (χ0) is 16.5. The fourth-order valence-corrected chi connectivity index (χ4v) is 2.80. The summed E-state index contributed by atoms with van der Waals surface area (Å²) in [6.07, 6.45) is -0.483. The monoisotopic (exact) mass is 325 g/mol. The van der Waals surface area contributed by atoms with E-state index < -0.39 is 23.6 Å². The molecule has 1 saturated heterocycles. The molecule has 1 aliphatic rings. The summed E-state index contributed by atoms with van der Waals surface area (Å²) in [5, 5.41) is 9.99. The third-order valence-corrected chi connectivity index (χ3v) is 3.80. The van der Waals surface area contributed by atoms with E-state index in [0.29, 0.717) is 11.6 Å². The minimum Gasteiger partial charge on any atom is -0.481 e. The van der Waals surface area contributed by atoms with E-state index in [9.17, 15) is 14.7 Å². The van der Waals surface area contributed by atoms with Gasteiger partial charge in [0.1, 0.15) is 5.60 Å². The molecule has 5 nitrogen and oxygen atoms in total. The highest BCUT2D eigenvalue weighted by Crippen LogP contribution is 2.34. The topological polar surface area (TPSA) is 66.8 Å². The van der Waals surface area contributed by atoms with E-state index in [4.69, 9.17) is 16.3 Å². The number of aliphatic carboxylic acids is 1. The lowest BCUT2D eigenvalue weighted by Crippen LogP contribution is -2.35. The Morgan fingerprint density at radius 3 is 2.55 bits per heavy atom. The van der Waals surface area contributed by atoms with Crippen molar-refractivity contribution in [3.8, 4) is 0 Å². The fourth-order valence-electron chi connectivity index (χ4n) is 2.60.